The highest BCUT2D eigenvalue weighted by Crippen LogP contribution is 2.42. The van der Waals surface area contributed by atoms with Crippen molar-refractivity contribution in [1.29, 1.82) is 5.26 Å². The van der Waals surface area contributed by atoms with Gasteiger partial charge in [0.1, 0.15) is 17.9 Å². The van der Waals surface area contributed by atoms with Crippen molar-refractivity contribution < 1.29 is 9.15 Å². The van der Waals surface area contributed by atoms with E-state index in [0.29, 0.717) is 18.9 Å². The molecule has 4 nitrogen and oxygen atoms in total. The van der Waals surface area contributed by atoms with E-state index >= 15 is 0 Å². The molecule has 2 aromatic heterocycles. The number of nitriles is 1. The van der Waals surface area contributed by atoms with Crippen molar-refractivity contribution in [2.45, 2.75) is 31.8 Å². The molecule has 1 fully saturated rings. The van der Waals surface area contributed by atoms with Gasteiger partial charge in [-0.1, -0.05) is 24.3 Å². The minimum atomic E-state index is 0.389. The maximum atomic E-state index is 8.97. The van der Waals surface area contributed by atoms with Crippen molar-refractivity contribution >= 4 is 22.3 Å². The Morgan fingerprint density at radius 3 is 2.82 bits per heavy atom. The average Bonchev–Trinajstić information content (AvgIpc) is 3.29. The van der Waals surface area contributed by atoms with Crippen LogP contribution in [0, 0.1) is 11.3 Å². The molecule has 4 aromatic rings. The van der Waals surface area contributed by atoms with E-state index in [9.17, 15) is 0 Å². The molecular formula is C23H18N2O2S. The van der Waals surface area contributed by atoms with E-state index in [-0.39, 0.29) is 0 Å². The Labute approximate surface area is 167 Å². The van der Waals surface area contributed by atoms with Gasteiger partial charge in [0, 0.05) is 16.7 Å². The fraction of sp³-hybridized carbons (Fsp3) is 0.217. The van der Waals surface area contributed by atoms with Crippen LogP contribution in [0.2, 0.25) is 0 Å². The number of aromatic nitrogens is 1. The highest BCUT2D eigenvalue weighted by Gasteiger charge is 2.26. The lowest BCUT2D eigenvalue weighted by atomic mass is 10.1. The number of fused-ring (bicyclic) bond motifs is 1. The molecule has 0 saturated heterocycles. The van der Waals surface area contributed by atoms with E-state index in [1.54, 1.807) is 11.3 Å². The fourth-order valence-electron chi connectivity index (χ4n) is 3.30. The van der Waals surface area contributed by atoms with Crippen molar-refractivity contribution in [3.05, 3.63) is 70.7 Å². The Hall–Kier alpha value is -3.10. The molecule has 5 heteroatoms. The summed E-state index contributed by atoms with van der Waals surface area (Å²) in [6.45, 7) is 0.436. The average molecular weight is 386 g/mol. The lowest BCUT2D eigenvalue weighted by Crippen LogP contribution is -1.99. The molecule has 0 aliphatic heterocycles. The minimum absolute atomic E-state index is 0.389. The zero-order valence-corrected chi connectivity index (χ0v) is 16.0. The lowest BCUT2D eigenvalue weighted by molar-refractivity contribution is 0.305. The highest BCUT2D eigenvalue weighted by atomic mass is 32.1. The predicted molar refractivity (Wildman–Crippen MR) is 109 cm³/mol. The third kappa shape index (κ3) is 3.39. The van der Waals surface area contributed by atoms with Crippen molar-refractivity contribution in [1.82, 2.24) is 4.98 Å². The summed E-state index contributed by atoms with van der Waals surface area (Å²) in [5, 5.41) is 13.1. The van der Waals surface area contributed by atoms with Crippen LogP contribution < -0.4 is 4.74 Å². The number of thiazole rings is 1. The van der Waals surface area contributed by atoms with E-state index in [1.165, 1.54) is 18.5 Å². The molecule has 0 unspecified atom stereocenters. The summed E-state index contributed by atoms with van der Waals surface area (Å²) in [4.78, 5) is 4.73. The van der Waals surface area contributed by atoms with Crippen molar-refractivity contribution in [3.63, 3.8) is 0 Å². The van der Waals surface area contributed by atoms with Gasteiger partial charge < -0.3 is 9.15 Å². The molecule has 1 aliphatic carbocycles. The second-order valence-electron chi connectivity index (χ2n) is 7.05. The van der Waals surface area contributed by atoms with Crippen LogP contribution in [0.1, 0.15) is 35.6 Å². The Kier molecular flexibility index (Phi) is 4.34. The third-order valence-corrected chi connectivity index (χ3v) is 5.87. The monoisotopic (exact) mass is 386 g/mol. The summed E-state index contributed by atoms with van der Waals surface area (Å²) >= 11 is 1.64. The summed E-state index contributed by atoms with van der Waals surface area (Å²) in [5.74, 6) is 2.24. The number of furan rings is 1. The standard InChI is InChI=1S/C23H18N2O2S/c24-10-9-15-3-1-2-4-17(15)13-26-19-7-8-21-18(11-19)12-22(27-21)23-25-20(14-28-23)16-5-6-16/h1-4,7-8,11-12,14,16H,5-6,9,13H2. The molecule has 0 spiro atoms. The Balaban J connectivity index is 1.36. The molecule has 0 amide bonds. The number of rotatable bonds is 6. The van der Waals surface area contributed by atoms with E-state index in [1.807, 2.05) is 48.5 Å². The van der Waals surface area contributed by atoms with Gasteiger partial charge in [-0.15, -0.1) is 11.3 Å². The molecule has 0 radical (unpaired) electrons. The Bertz CT molecular complexity index is 1180. The van der Waals surface area contributed by atoms with Crippen molar-refractivity contribution in [3.8, 4) is 22.6 Å². The van der Waals surface area contributed by atoms with E-state index in [4.69, 9.17) is 19.4 Å². The second-order valence-corrected chi connectivity index (χ2v) is 7.91. The molecule has 0 N–H and O–H groups in total. The summed E-state index contributed by atoms with van der Waals surface area (Å²) in [6, 6.07) is 18.0. The Morgan fingerprint density at radius 1 is 1.14 bits per heavy atom. The first-order chi connectivity index (χ1) is 13.8. The largest absolute Gasteiger partial charge is 0.489 e. The van der Waals surface area contributed by atoms with Gasteiger partial charge in [0.15, 0.2) is 10.8 Å². The second kappa shape index (κ2) is 7.14. The SMILES string of the molecule is N#CCc1ccccc1COc1ccc2oc(-c3nc(C4CC4)cs3)cc2c1. The molecule has 1 aliphatic rings. The number of nitrogens with zero attached hydrogens (tertiary/aromatic N) is 2. The maximum absolute atomic E-state index is 8.97. The van der Waals surface area contributed by atoms with Crippen LogP contribution in [0.4, 0.5) is 0 Å². The van der Waals surface area contributed by atoms with Crippen LogP contribution in [-0.2, 0) is 13.0 Å². The maximum Gasteiger partial charge on any atom is 0.164 e. The molecule has 0 bridgehead atoms. The van der Waals surface area contributed by atoms with Crippen molar-refractivity contribution in [2.24, 2.45) is 0 Å². The fourth-order valence-corrected chi connectivity index (χ4v) is 4.15. The van der Waals surface area contributed by atoms with E-state index in [2.05, 4.69) is 11.4 Å². The van der Waals surface area contributed by atoms with Crippen molar-refractivity contribution in [2.75, 3.05) is 0 Å². The number of hydrogen-bond acceptors (Lipinski definition) is 5. The van der Waals surface area contributed by atoms with Crippen LogP contribution in [0.3, 0.4) is 0 Å². The molecule has 0 atom stereocenters. The van der Waals surface area contributed by atoms with Gasteiger partial charge >= 0.3 is 0 Å². The highest BCUT2D eigenvalue weighted by molar-refractivity contribution is 7.13. The smallest absolute Gasteiger partial charge is 0.164 e. The number of ether oxygens (including phenoxy) is 1. The van der Waals surface area contributed by atoms with Crippen LogP contribution in [0.25, 0.3) is 21.7 Å². The minimum Gasteiger partial charge on any atom is -0.489 e. The molecular weight excluding hydrogens is 368 g/mol. The molecule has 138 valence electrons. The van der Waals surface area contributed by atoms with Gasteiger partial charge in [0.25, 0.3) is 0 Å². The summed E-state index contributed by atoms with van der Waals surface area (Å²) < 4.78 is 12.0. The van der Waals surface area contributed by atoms with Gasteiger partial charge in [0.2, 0.25) is 0 Å². The van der Waals surface area contributed by atoms with E-state index in [0.717, 1.165) is 38.6 Å². The Morgan fingerprint density at radius 2 is 2.00 bits per heavy atom. The summed E-state index contributed by atoms with van der Waals surface area (Å²) in [5.41, 5.74) is 4.07. The van der Waals surface area contributed by atoms with Gasteiger partial charge in [-0.3, -0.25) is 0 Å². The molecule has 2 aromatic carbocycles. The van der Waals surface area contributed by atoms with Gasteiger partial charge in [-0.05, 0) is 48.2 Å². The molecule has 28 heavy (non-hydrogen) atoms. The van der Waals surface area contributed by atoms with Crippen LogP contribution in [-0.4, -0.2) is 4.98 Å². The van der Waals surface area contributed by atoms with Crippen LogP contribution in [0.15, 0.2) is 58.3 Å². The van der Waals surface area contributed by atoms with Gasteiger partial charge in [-0.25, -0.2) is 4.98 Å². The van der Waals surface area contributed by atoms with Crippen LogP contribution in [0.5, 0.6) is 5.75 Å². The quantitative estimate of drug-likeness (QED) is 0.403. The topological polar surface area (TPSA) is 59.0 Å². The lowest BCUT2D eigenvalue weighted by Gasteiger charge is -2.09. The van der Waals surface area contributed by atoms with Gasteiger partial charge in [0.05, 0.1) is 18.2 Å². The zero-order valence-electron chi connectivity index (χ0n) is 15.2. The first-order valence-corrected chi connectivity index (χ1v) is 10.2. The number of hydrogen-bond donors (Lipinski definition) is 0. The molecule has 1 saturated carbocycles. The predicted octanol–water partition coefficient (Wildman–Crippen LogP) is 6.08. The molecule has 2 heterocycles. The van der Waals surface area contributed by atoms with Gasteiger partial charge in [-0.2, -0.15) is 5.26 Å². The normalized spacial score (nSPS) is 13.5. The van der Waals surface area contributed by atoms with E-state index < -0.39 is 0 Å². The van der Waals surface area contributed by atoms with Crippen LogP contribution >= 0.6 is 11.3 Å². The first kappa shape index (κ1) is 17.0. The zero-order chi connectivity index (χ0) is 18.9. The third-order valence-electron chi connectivity index (χ3n) is 5.00. The summed E-state index contributed by atoms with van der Waals surface area (Å²) in [7, 11) is 0. The summed E-state index contributed by atoms with van der Waals surface area (Å²) in [6.07, 6.45) is 2.89. The first-order valence-electron chi connectivity index (χ1n) is 9.36. The molecule has 5 rings (SSSR count). The number of benzene rings is 2.